The van der Waals surface area contributed by atoms with Gasteiger partial charge in [-0.1, -0.05) is 11.6 Å². The highest BCUT2D eigenvalue weighted by Crippen LogP contribution is 2.27. The summed E-state index contributed by atoms with van der Waals surface area (Å²) < 4.78 is 12.9. The van der Waals surface area contributed by atoms with Crippen LogP contribution in [0.4, 0.5) is 4.39 Å². The van der Waals surface area contributed by atoms with Crippen molar-refractivity contribution in [2.45, 2.75) is 0 Å². The van der Waals surface area contributed by atoms with E-state index < -0.39 is 5.91 Å². The van der Waals surface area contributed by atoms with Crippen molar-refractivity contribution in [2.75, 3.05) is 0 Å². The number of amides is 1. The Balaban J connectivity index is 2.13. The van der Waals surface area contributed by atoms with E-state index in [0.717, 1.165) is 0 Å². The van der Waals surface area contributed by atoms with Crippen molar-refractivity contribution in [3.8, 4) is 11.4 Å². The summed E-state index contributed by atoms with van der Waals surface area (Å²) in [5.41, 5.74) is 4.21. The molecule has 5 nitrogen and oxygen atoms in total. The zero-order chi connectivity index (χ0) is 15.0. The molecule has 0 aliphatic rings. The molecule has 0 bridgehead atoms. The number of rotatable bonds is 2. The average Bonchev–Trinajstić information content (AvgIpc) is 2.91. The summed E-state index contributed by atoms with van der Waals surface area (Å²) in [4.78, 5) is 19.0. The number of nitrogens with one attached hydrogen (secondary N) is 2. The third kappa shape index (κ3) is 2.46. The topological polar surface area (TPSA) is 83.8 Å². The van der Waals surface area contributed by atoms with E-state index in [9.17, 15) is 9.18 Å². The fourth-order valence-electron chi connectivity index (χ4n) is 2.03. The van der Waals surface area contributed by atoms with Crippen LogP contribution in [0.2, 0.25) is 5.02 Å². The molecule has 1 heterocycles. The molecule has 0 atom stereocenters. The molecule has 21 heavy (non-hydrogen) atoms. The number of nitrogens with two attached hydrogens (primary N) is 1. The van der Waals surface area contributed by atoms with Crippen LogP contribution in [-0.4, -0.2) is 15.9 Å². The molecule has 3 aromatic rings. The Bertz CT molecular complexity index is 829. The quantitative estimate of drug-likeness (QED) is 0.386. The van der Waals surface area contributed by atoms with E-state index >= 15 is 0 Å². The number of imidazole rings is 1. The predicted molar refractivity (Wildman–Crippen MR) is 78.2 cm³/mol. The molecule has 0 radical (unpaired) electrons. The van der Waals surface area contributed by atoms with Gasteiger partial charge in [0.25, 0.3) is 5.91 Å². The van der Waals surface area contributed by atoms with Crippen LogP contribution in [0, 0.1) is 5.82 Å². The number of hydrogen-bond donors (Lipinski definition) is 3. The van der Waals surface area contributed by atoms with Crippen LogP contribution in [0.1, 0.15) is 10.4 Å². The first-order chi connectivity index (χ1) is 10.1. The van der Waals surface area contributed by atoms with Gasteiger partial charge in [-0.3, -0.25) is 10.2 Å². The molecule has 0 aliphatic heterocycles. The van der Waals surface area contributed by atoms with Crippen LogP contribution in [-0.2, 0) is 0 Å². The Morgan fingerprint density at radius 1 is 1.29 bits per heavy atom. The van der Waals surface area contributed by atoms with Gasteiger partial charge in [0.15, 0.2) is 0 Å². The minimum atomic E-state index is -0.447. The Hall–Kier alpha value is -2.44. The normalized spacial score (nSPS) is 10.8. The van der Waals surface area contributed by atoms with E-state index in [2.05, 4.69) is 9.97 Å². The molecule has 0 saturated carbocycles. The van der Waals surface area contributed by atoms with E-state index in [0.29, 0.717) is 33.0 Å². The maximum Gasteiger partial charge on any atom is 0.265 e. The molecule has 3 rings (SSSR count). The van der Waals surface area contributed by atoms with E-state index in [1.165, 1.54) is 18.2 Å². The Kier molecular flexibility index (Phi) is 3.32. The first-order valence-corrected chi connectivity index (χ1v) is 6.42. The van der Waals surface area contributed by atoms with Crippen LogP contribution < -0.4 is 11.3 Å². The molecule has 7 heteroatoms. The molecule has 2 aromatic carbocycles. The monoisotopic (exact) mass is 304 g/mol. The van der Waals surface area contributed by atoms with E-state index in [4.69, 9.17) is 17.4 Å². The average molecular weight is 305 g/mol. The predicted octanol–water partition coefficient (Wildman–Crippen LogP) is 2.63. The summed E-state index contributed by atoms with van der Waals surface area (Å²) in [6.07, 6.45) is 0. The summed E-state index contributed by atoms with van der Waals surface area (Å²) in [7, 11) is 0. The molecule has 0 saturated heterocycles. The van der Waals surface area contributed by atoms with Crippen molar-refractivity contribution in [3.05, 3.63) is 52.8 Å². The summed E-state index contributed by atoms with van der Waals surface area (Å²) in [6.45, 7) is 0. The summed E-state index contributed by atoms with van der Waals surface area (Å²) in [5.74, 6) is 4.87. The number of carbonyl (C=O) groups is 1. The van der Waals surface area contributed by atoms with E-state index in [1.54, 1.807) is 18.2 Å². The second-order valence-corrected chi connectivity index (χ2v) is 4.83. The largest absolute Gasteiger partial charge is 0.338 e. The third-order valence-electron chi connectivity index (χ3n) is 3.05. The lowest BCUT2D eigenvalue weighted by atomic mass is 10.2. The smallest absolute Gasteiger partial charge is 0.265 e. The fraction of sp³-hybridized carbons (Fsp3) is 0. The van der Waals surface area contributed by atoms with Crippen molar-refractivity contribution < 1.29 is 9.18 Å². The highest BCUT2D eigenvalue weighted by atomic mass is 35.5. The number of H-pyrrole nitrogens is 1. The van der Waals surface area contributed by atoms with Gasteiger partial charge in [0, 0.05) is 11.1 Å². The molecule has 4 N–H and O–H groups in total. The Morgan fingerprint density at radius 2 is 2.00 bits per heavy atom. The van der Waals surface area contributed by atoms with Crippen LogP contribution in [0.15, 0.2) is 36.4 Å². The number of aromatic nitrogens is 2. The zero-order valence-corrected chi connectivity index (χ0v) is 11.4. The van der Waals surface area contributed by atoms with Gasteiger partial charge in [0.05, 0.1) is 10.5 Å². The lowest BCUT2D eigenvalue weighted by molar-refractivity contribution is 0.0954. The lowest BCUT2D eigenvalue weighted by Crippen LogP contribution is -2.29. The van der Waals surface area contributed by atoms with Gasteiger partial charge in [0.1, 0.15) is 17.2 Å². The number of nitrogens with zero attached hydrogens (tertiary/aromatic N) is 1. The van der Waals surface area contributed by atoms with Gasteiger partial charge < -0.3 is 4.98 Å². The van der Waals surface area contributed by atoms with Gasteiger partial charge in [-0.15, -0.1) is 0 Å². The molecule has 0 spiro atoms. The number of fused-ring (bicyclic) bond motifs is 1. The van der Waals surface area contributed by atoms with Gasteiger partial charge in [-0.25, -0.2) is 15.2 Å². The summed E-state index contributed by atoms with van der Waals surface area (Å²) in [5, 5.41) is 0.329. The number of benzene rings is 2. The van der Waals surface area contributed by atoms with Crippen molar-refractivity contribution in [3.63, 3.8) is 0 Å². The van der Waals surface area contributed by atoms with Gasteiger partial charge in [0.2, 0.25) is 0 Å². The molecule has 1 amide bonds. The highest BCUT2D eigenvalue weighted by Gasteiger charge is 2.13. The van der Waals surface area contributed by atoms with Crippen LogP contribution in [0.3, 0.4) is 0 Å². The SMILES string of the molecule is NNC(=O)c1cc(Cl)c2nc(-c3ccc(F)cc3)[nH]c2c1. The lowest BCUT2D eigenvalue weighted by Gasteiger charge is -2.00. The van der Waals surface area contributed by atoms with E-state index in [1.807, 2.05) is 5.43 Å². The second kappa shape index (κ2) is 5.16. The number of halogens is 2. The van der Waals surface area contributed by atoms with Gasteiger partial charge in [-0.05, 0) is 36.4 Å². The fourth-order valence-corrected chi connectivity index (χ4v) is 2.30. The van der Waals surface area contributed by atoms with Crippen LogP contribution in [0.5, 0.6) is 0 Å². The number of nitrogen functional groups attached to an aromatic ring is 1. The number of hydrogen-bond acceptors (Lipinski definition) is 3. The first kappa shape index (κ1) is 13.5. The Labute approximate surface area is 123 Å². The molecular formula is C14H10ClFN4O. The highest BCUT2D eigenvalue weighted by molar-refractivity contribution is 6.35. The third-order valence-corrected chi connectivity index (χ3v) is 3.34. The van der Waals surface area contributed by atoms with Crippen LogP contribution in [0.25, 0.3) is 22.4 Å². The molecule has 0 aliphatic carbocycles. The molecule has 0 fully saturated rings. The molecular weight excluding hydrogens is 295 g/mol. The molecule has 0 unspecified atom stereocenters. The van der Waals surface area contributed by atoms with Crippen molar-refractivity contribution in [2.24, 2.45) is 5.84 Å². The maximum absolute atomic E-state index is 12.9. The van der Waals surface area contributed by atoms with Gasteiger partial charge >= 0.3 is 0 Å². The number of aromatic amines is 1. The summed E-state index contributed by atoms with van der Waals surface area (Å²) in [6, 6.07) is 8.99. The van der Waals surface area contributed by atoms with Crippen LogP contribution >= 0.6 is 11.6 Å². The van der Waals surface area contributed by atoms with Crippen molar-refractivity contribution >= 4 is 28.5 Å². The molecule has 1 aromatic heterocycles. The van der Waals surface area contributed by atoms with Gasteiger partial charge in [-0.2, -0.15) is 0 Å². The van der Waals surface area contributed by atoms with Crippen molar-refractivity contribution in [1.29, 1.82) is 0 Å². The van der Waals surface area contributed by atoms with Crippen molar-refractivity contribution in [1.82, 2.24) is 15.4 Å². The second-order valence-electron chi connectivity index (χ2n) is 4.42. The minimum Gasteiger partial charge on any atom is -0.338 e. The number of carbonyl (C=O) groups excluding carboxylic acids is 1. The first-order valence-electron chi connectivity index (χ1n) is 6.04. The Morgan fingerprint density at radius 3 is 2.67 bits per heavy atom. The maximum atomic E-state index is 12.9. The molecule has 106 valence electrons. The minimum absolute atomic E-state index is 0.323. The summed E-state index contributed by atoms with van der Waals surface area (Å²) >= 11 is 6.13. The standard InChI is InChI=1S/C14H10ClFN4O/c15-10-5-8(14(21)20-17)6-11-12(10)19-13(18-11)7-1-3-9(16)4-2-7/h1-6H,17H2,(H,18,19)(H,20,21). The zero-order valence-electron chi connectivity index (χ0n) is 10.7. The number of hydrazine groups is 1. The van der Waals surface area contributed by atoms with E-state index in [-0.39, 0.29) is 5.82 Å².